The van der Waals surface area contributed by atoms with Crippen molar-refractivity contribution in [3.8, 4) is 0 Å². The molecule has 2 unspecified atom stereocenters. The Bertz CT molecular complexity index is 261. The monoisotopic (exact) mass is 239 g/mol. The van der Waals surface area contributed by atoms with E-state index in [1.54, 1.807) is 0 Å². The first-order valence-electron chi connectivity index (χ1n) is 7.11. The van der Waals surface area contributed by atoms with E-state index in [1.165, 1.54) is 32.1 Å². The van der Waals surface area contributed by atoms with Crippen molar-refractivity contribution in [2.24, 2.45) is 11.8 Å². The van der Waals surface area contributed by atoms with Crippen molar-refractivity contribution in [1.82, 2.24) is 4.90 Å². The number of carboxylic acids is 1. The molecule has 0 radical (unpaired) electrons. The van der Waals surface area contributed by atoms with Crippen molar-refractivity contribution in [2.45, 2.75) is 57.4 Å². The fraction of sp³-hybridized carbons (Fsp3) is 0.929. The Morgan fingerprint density at radius 1 is 1.12 bits per heavy atom. The summed E-state index contributed by atoms with van der Waals surface area (Å²) in [6.07, 6.45) is 9.83. The number of hydrogen-bond acceptors (Lipinski definition) is 2. The van der Waals surface area contributed by atoms with Crippen LogP contribution in [-0.2, 0) is 4.79 Å². The third-order valence-electron chi connectivity index (χ3n) is 4.63. The minimum absolute atomic E-state index is 0.122. The van der Waals surface area contributed by atoms with E-state index in [0.29, 0.717) is 0 Å². The normalized spacial score (nSPS) is 30.9. The molecule has 2 aliphatic carbocycles. The molecule has 0 spiro atoms. The molecule has 98 valence electrons. The van der Waals surface area contributed by atoms with Gasteiger partial charge in [0.05, 0.1) is 5.92 Å². The quantitative estimate of drug-likeness (QED) is 0.820. The van der Waals surface area contributed by atoms with E-state index < -0.39 is 5.97 Å². The average Bonchev–Trinajstić information content (AvgIpc) is 2.79. The van der Waals surface area contributed by atoms with Gasteiger partial charge < -0.3 is 10.0 Å². The molecule has 0 aromatic rings. The number of hydrogen-bond donors (Lipinski definition) is 1. The van der Waals surface area contributed by atoms with Gasteiger partial charge >= 0.3 is 5.97 Å². The van der Waals surface area contributed by atoms with Crippen LogP contribution in [0, 0.1) is 11.8 Å². The highest BCUT2D eigenvalue weighted by Gasteiger charge is 2.35. The lowest BCUT2D eigenvalue weighted by Crippen LogP contribution is -2.40. The summed E-state index contributed by atoms with van der Waals surface area (Å²) in [5.41, 5.74) is 0. The second-order valence-electron chi connectivity index (χ2n) is 5.89. The second kappa shape index (κ2) is 5.85. The highest BCUT2D eigenvalue weighted by atomic mass is 16.4. The molecule has 0 aliphatic heterocycles. The van der Waals surface area contributed by atoms with Crippen molar-refractivity contribution in [1.29, 1.82) is 0 Å². The Balaban J connectivity index is 1.85. The van der Waals surface area contributed by atoms with Gasteiger partial charge in [0.1, 0.15) is 0 Å². The highest BCUT2D eigenvalue weighted by Crippen LogP contribution is 2.31. The van der Waals surface area contributed by atoms with E-state index >= 15 is 0 Å². The molecule has 3 heteroatoms. The van der Waals surface area contributed by atoms with Crippen LogP contribution in [-0.4, -0.2) is 35.6 Å². The van der Waals surface area contributed by atoms with Crippen LogP contribution in [0.1, 0.15) is 51.4 Å². The predicted octanol–water partition coefficient (Wildman–Crippen LogP) is 2.75. The van der Waals surface area contributed by atoms with Crippen LogP contribution in [0.2, 0.25) is 0 Å². The van der Waals surface area contributed by atoms with E-state index in [-0.39, 0.29) is 12.0 Å². The third kappa shape index (κ3) is 3.21. The van der Waals surface area contributed by atoms with Crippen molar-refractivity contribution < 1.29 is 9.90 Å². The zero-order chi connectivity index (χ0) is 12.3. The fourth-order valence-electron chi connectivity index (χ4n) is 3.67. The van der Waals surface area contributed by atoms with Gasteiger partial charge in [-0.15, -0.1) is 0 Å². The van der Waals surface area contributed by atoms with Gasteiger partial charge in [-0.05, 0) is 38.6 Å². The summed E-state index contributed by atoms with van der Waals surface area (Å²) in [4.78, 5) is 13.5. The van der Waals surface area contributed by atoms with Crippen LogP contribution in [0.4, 0.5) is 0 Å². The lowest BCUT2D eigenvalue weighted by molar-refractivity contribution is -0.143. The maximum atomic E-state index is 11.2. The van der Waals surface area contributed by atoms with Crippen LogP contribution >= 0.6 is 0 Å². The van der Waals surface area contributed by atoms with Crippen LogP contribution in [0.5, 0.6) is 0 Å². The predicted molar refractivity (Wildman–Crippen MR) is 68.0 cm³/mol. The van der Waals surface area contributed by atoms with Gasteiger partial charge in [-0.25, -0.2) is 0 Å². The Labute approximate surface area is 104 Å². The summed E-state index contributed by atoms with van der Waals surface area (Å²) in [5, 5.41) is 9.21. The molecule has 0 bridgehead atoms. The molecule has 2 aliphatic rings. The van der Waals surface area contributed by atoms with Gasteiger partial charge in [0.2, 0.25) is 0 Å². The average molecular weight is 239 g/mol. The van der Waals surface area contributed by atoms with Gasteiger partial charge in [0.15, 0.2) is 0 Å². The van der Waals surface area contributed by atoms with Crippen LogP contribution in [0.25, 0.3) is 0 Å². The smallest absolute Gasteiger partial charge is 0.308 e. The molecule has 0 heterocycles. The van der Waals surface area contributed by atoms with E-state index in [0.717, 1.165) is 31.7 Å². The first-order chi connectivity index (χ1) is 8.18. The fourth-order valence-corrected chi connectivity index (χ4v) is 3.67. The largest absolute Gasteiger partial charge is 0.481 e. The highest BCUT2D eigenvalue weighted by molar-refractivity contribution is 5.71. The minimum Gasteiger partial charge on any atom is -0.481 e. The van der Waals surface area contributed by atoms with E-state index in [4.69, 9.17) is 0 Å². The molecular weight excluding hydrogens is 214 g/mol. The number of rotatable bonds is 4. The molecular formula is C14H25NO2. The summed E-state index contributed by atoms with van der Waals surface area (Å²) < 4.78 is 0. The SMILES string of the molecule is CN(CC1CCCCC1)C1CCCC1C(=O)O. The number of nitrogens with zero attached hydrogens (tertiary/aromatic N) is 1. The van der Waals surface area contributed by atoms with Gasteiger partial charge in [0, 0.05) is 12.6 Å². The molecule has 2 atom stereocenters. The molecule has 1 N–H and O–H groups in total. The zero-order valence-corrected chi connectivity index (χ0v) is 10.9. The summed E-state index contributed by atoms with van der Waals surface area (Å²) in [6, 6.07) is 0.287. The molecule has 3 nitrogen and oxygen atoms in total. The maximum Gasteiger partial charge on any atom is 0.308 e. The molecule has 0 aromatic heterocycles. The van der Waals surface area contributed by atoms with Crippen molar-refractivity contribution in [3.63, 3.8) is 0 Å². The van der Waals surface area contributed by atoms with Crippen molar-refractivity contribution in [2.75, 3.05) is 13.6 Å². The van der Waals surface area contributed by atoms with Gasteiger partial charge in [0.25, 0.3) is 0 Å². The molecule has 2 saturated carbocycles. The van der Waals surface area contributed by atoms with E-state index in [2.05, 4.69) is 11.9 Å². The second-order valence-corrected chi connectivity index (χ2v) is 5.89. The molecule has 2 rings (SSSR count). The zero-order valence-electron chi connectivity index (χ0n) is 10.9. The standard InChI is InChI=1S/C14H25NO2/c1-15(10-11-6-3-2-4-7-11)13-9-5-8-12(13)14(16)17/h11-13H,2-10H2,1H3,(H,16,17). The Morgan fingerprint density at radius 3 is 2.47 bits per heavy atom. The Hall–Kier alpha value is -0.570. The maximum absolute atomic E-state index is 11.2. The first kappa shape index (κ1) is 12.9. The summed E-state index contributed by atoms with van der Waals surface area (Å²) in [5.74, 6) is 0.0929. The Morgan fingerprint density at radius 2 is 1.82 bits per heavy atom. The molecule has 0 aromatic carbocycles. The first-order valence-corrected chi connectivity index (χ1v) is 7.11. The minimum atomic E-state index is -0.594. The lowest BCUT2D eigenvalue weighted by Gasteiger charge is -2.32. The van der Waals surface area contributed by atoms with Crippen LogP contribution in [0.15, 0.2) is 0 Å². The summed E-state index contributed by atoms with van der Waals surface area (Å²) >= 11 is 0. The third-order valence-corrected chi connectivity index (χ3v) is 4.63. The van der Waals surface area contributed by atoms with Crippen molar-refractivity contribution in [3.05, 3.63) is 0 Å². The lowest BCUT2D eigenvalue weighted by atomic mass is 9.88. The van der Waals surface area contributed by atoms with Gasteiger partial charge in [-0.3, -0.25) is 4.79 Å². The molecule has 2 fully saturated rings. The summed E-state index contributed by atoms with van der Waals surface area (Å²) in [6.45, 7) is 1.11. The van der Waals surface area contributed by atoms with Gasteiger partial charge in [-0.1, -0.05) is 25.7 Å². The molecule has 0 amide bonds. The van der Waals surface area contributed by atoms with Crippen LogP contribution in [0.3, 0.4) is 0 Å². The summed E-state index contributed by atoms with van der Waals surface area (Å²) in [7, 11) is 2.13. The number of carbonyl (C=O) groups is 1. The van der Waals surface area contributed by atoms with Gasteiger partial charge in [-0.2, -0.15) is 0 Å². The Kier molecular flexibility index (Phi) is 4.43. The number of aliphatic carboxylic acids is 1. The van der Waals surface area contributed by atoms with E-state index in [1.807, 2.05) is 0 Å². The van der Waals surface area contributed by atoms with Crippen LogP contribution < -0.4 is 0 Å². The van der Waals surface area contributed by atoms with Crippen molar-refractivity contribution >= 4 is 5.97 Å². The number of carboxylic acid groups (broad SMARTS) is 1. The molecule has 0 saturated heterocycles. The van der Waals surface area contributed by atoms with E-state index in [9.17, 15) is 9.90 Å². The molecule has 17 heavy (non-hydrogen) atoms. The topological polar surface area (TPSA) is 40.5 Å².